The van der Waals surface area contributed by atoms with E-state index in [0.717, 1.165) is 5.69 Å². The van der Waals surface area contributed by atoms with E-state index >= 15 is 0 Å². The van der Waals surface area contributed by atoms with E-state index in [0.29, 0.717) is 28.1 Å². The highest BCUT2D eigenvalue weighted by Gasteiger charge is 2.14. The van der Waals surface area contributed by atoms with Gasteiger partial charge in [0.15, 0.2) is 0 Å². The van der Waals surface area contributed by atoms with Gasteiger partial charge in [0.05, 0.1) is 16.8 Å². The largest absolute Gasteiger partial charge is 0.397 e. The number of para-hydroxylation sites is 1. The lowest BCUT2D eigenvalue weighted by Crippen LogP contribution is -2.14. The Morgan fingerprint density at radius 1 is 1.40 bits per heavy atom. The summed E-state index contributed by atoms with van der Waals surface area (Å²) in [6, 6.07) is 7.08. The van der Waals surface area contributed by atoms with Gasteiger partial charge in [-0.05, 0) is 19.1 Å². The molecule has 20 heavy (non-hydrogen) atoms. The molecule has 7 nitrogen and oxygen atoms in total. The van der Waals surface area contributed by atoms with Crippen LogP contribution >= 0.6 is 0 Å². The first-order valence-electron chi connectivity index (χ1n) is 5.97. The van der Waals surface area contributed by atoms with Crippen molar-refractivity contribution in [2.24, 2.45) is 0 Å². The highest BCUT2D eigenvalue weighted by molar-refractivity contribution is 6.13. The number of pyridine rings is 1. The number of hydrogen-bond donors (Lipinski definition) is 3. The van der Waals surface area contributed by atoms with Crippen molar-refractivity contribution in [1.29, 1.82) is 0 Å². The summed E-state index contributed by atoms with van der Waals surface area (Å²) in [5.41, 5.74) is 8.29. The summed E-state index contributed by atoms with van der Waals surface area (Å²) in [7, 11) is 0. The zero-order valence-corrected chi connectivity index (χ0v) is 10.7. The monoisotopic (exact) mass is 268 g/mol. The molecule has 0 aliphatic rings. The number of carbonyl (C=O) groups is 1. The van der Waals surface area contributed by atoms with Gasteiger partial charge in [0.1, 0.15) is 6.33 Å². The second-order valence-corrected chi connectivity index (χ2v) is 4.34. The molecule has 0 atom stereocenters. The van der Waals surface area contributed by atoms with Crippen molar-refractivity contribution in [3.05, 3.63) is 41.9 Å². The Bertz CT molecular complexity index is 781. The SMILES string of the molecule is Cc1cc(C(=O)Nc2ncn[nH]2)c2cccc(N)c2n1. The Labute approximate surface area is 114 Å². The number of nitrogen functional groups attached to an aromatic ring is 1. The second kappa shape index (κ2) is 4.61. The molecule has 0 bridgehead atoms. The van der Waals surface area contributed by atoms with Gasteiger partial charge in [0.2, 0.25) is 5.95 Å². The third kappa shape index (κ3) is 2.05. The fourth-order valence-electron chi connectivity index (χ4n) is 2.03. The standard InChI is InChI=1S/C13H12N6O/c1-7-5-9(12(20)18-13-15-6-16-19-13)8-3-2-4-10(14)11(8)17-7/h2-6H,14H2,1H3,(H2,15,16,18,19,20). The summed E-state index contributed by atoms with van der Waals surface area (Å²) in [6.07, 6.45) is 1.32. The summed E-state index contributed by atoms with van der Waals surface area (Å²) in [6.45, 7) is 1.82. The van der Waals surface area contributed by atoms with Gasteiger partial charge in [-0.1, -0.05) is 12.1 Å². The molecule has 0 spiro atoms. The highest BCUT2D eigenvalue weighted by Crippen LogP contribution is 2.23. The zero-order chi connectivity index (χ0) is 14.1. The van der Waals surface area contributed by atoms with Crippen LogP contribution in [0.4, 0.5) is 11.6 Å². The van der Waals surface area contributed by atoms with Crippen molar-refractivity contribution in [2.75, 3.05) is 11.1 Å². The first-order valence-corrected chi connectivity index (χ1v) is 5.97. The van der Waals surface area contributed by atoms with E-state index in [9.17, 15) is 4.79 Å². The van der Waals surface area contributed by atoms with Crippen LogP contribution in [0.5, 0.6) is 0 Å². The topological polar surface area (TPSA) is 110 Å². The van der Waals surface area contributed by atoms with Crippen LogP contribution < -0.4 is 11.1 Å². The van der Waals surface area contributed by atoms with Gasteiger partial charge in [-0.15, -0.1) is 0 Å². The first-order chi connectivity index (χ1) is 9.65. The number of nitrogens with two attached hydrogens (primary N) is 1. The predicted molar refractivity (Wildman–Crippen MR) is 75.2 cm³/mol. The molecule has 3 rings (SSSR count). The number of carbonyl (C=O) groups excluding carboxylic acids is 1. The highest BCUT2D eigenvalue weighted by atomic mass is 16.1. The minimum atomic E-state index is -0.289. The van der Waals surface area contributed by atoms with E-state index < -0.39 is 0 Å². The number of amides is 1. The van der Waals surface area contributed by atoms with Crippen LogP contribution in [0.15, 0.2) is 30.6 Å². The van der Waals surface area contributed by atoms with E-state index in [1.807, 2.05) is 13.0 Å². The smallest absolute Gasteiger partial charge is 0.258 e. The Balaban J connectivity index is 2.11. The number of anilines is 2. The number of nitrogens with one attached hydrogen (secondary N) is 2. The molecule has 3 aromatic rings. The minimum absolute atomic E-state index is 0.289. The molecule has 2 heterocycles. The predicted octanol–water partition coefficient (Wildman–Crippen LogP) is 1.50. The molecular weight excluding hydrogens is 256 g/mol. The van der Waals surface area contributed by atoms with Crippen LogP contribution in [-0.2, 0) is 0 Å². The maximum absolute atomic E-state index is 12.3. The third-order valence-electron chi connectivity index (χ3n) is 2.89. The van der Waals surface area contributed by atoms with Gasteiger partial charge in [-0.3, -0.25) is 15.1 Å². The molecule has 2 aromatic heterocycles. The number of H-pyrrole nitrogens is 1. The van der Waals surface area contributed by atoms with Crippen molar-refractivity contribution in [3.8, 4) is 0 Å². The van der Waals surface area contributed by atoms with Crippen LogP contribution in [0.2, 0.25) is 0 Å². The number of rotatable bonds is 2. The van der Waals surface area contributed by atoms with E-state index in [1.54, 1.807) is 18.2 Å². The van der Waals surface area contributed by atoms with Crippen LogP contribution in [0.25, 0.3) is 10.9 Å². The third-order valence-corrected chi connectivity index (χ3v) is 2.89. The molecule has 0 saturated carbocycles. The van der Waals surface area contributed by atoms with Gasteiger partial charge in [-0.2, -0.15) is 10.1 Å². The molecule has 1 amide bonds. The molecule has 0 fully saturated rings. The lowest BCUT2D eigenvalue weighted by Gasteiger charge is -2.08. The van der Waals surface area contributed by atoms with Crippen molar-refractivity contribution >= 4 is 28.4 Å². The summed E-state index contributed by atoms with van der Waals surface area (Å²) in [4.78, 5) is 20.6. The van der Waals surface area contributed by atoms with Gasteiger partial charge in [0, 0.05) is 11.1 Å². The molecule has 7 heteroatoms. The quantitative estimate of drug-likeness (QED) is 0.610. The number of aromatic amines is 1. The summed E-state index contributed by atoms with van der Waals surface area (Å²) < 4.78 is 0. The van der Waals surface area contributed by atoms with E-state index in [-0.39, 0.29) is 5.91 Å². The lowest BCUT2D eigenvalue weighted by molar-refractivity contribution is 0.102. The molecule has 0 aliphatic heterocycles. The Morgan fingerprint density at radius 3 is 3.00 bits per heavy atom. The summed E-state index contributed by atoms with van der Waals surface area (Å²) in [5.74, 6) is 0.00404. The van der Waals surface area contributed by atoms with Crippen molar-refractivity contribution in [2.45, 2.75) is 6.92 Å². The molecule has 1 aromatic carbocycles. The Kier molecular flexibility index (Phi) is 2.79. The number of fused-ring (bicyclic) bond motifs is 1. The van der Waals surface area contributed by atoms with Gasteiger partial charge < -0.3 is 5.73 Å². The van der Waals surface area contributed by atoms with Gasteiger partial charge in [-0.25, -0.2) is 5.10 Å². The van der Waals surface area contributed by atoms with Gasteiger partial charge >= 0.3 is 0 Å². The molecule has 0 unspecified atom stereocenters. The molecule has 4 N–H and O–H groups in total. The molecule has 0 saturated heterocycles. The van der Waals surface area contributed by atoms with Crippen LogP contribution in [0.3, 0.4) is 0 Å². The molecular formula is C13H12N6O. The second-order valence-electron chi connectivity index (χ2n) is 4.34. The van der Waals surface area contributed by atoms with Crippen molar-refractivity contribution in [1.82, 2.24) is 20.2 Å². The number of benzene rings is 1. The number of aromatic nitrogens is 4. The number of nitrogens with zero attached hydrogens (tertiary/aromatic N) is 3. The van der Waals surface area contributed by atoms with Crippen molar-refractivity contribution in [3.63, 3.8) is 0 Å². The summed E-state index contributed by atoms with van der Waals surface area (Å²) in [5, 5.41) is 9.60. The average molecular weight is 268 g/mol. The normalized spacial score (nSPS) is 10.7. The zero-order valence-electron chi connectivity index (χ0n) is 10.7. The van der Waals surface area contributed by atoms with Crippen molar-refractivity contribution < 1.29 is 4.79 Å². The Morgan fingerprint density at radius 2 is 2.25 bits per heavy atom. The average Bonchev–Trinajstić information content (AvgIpc) is 2.92. The van der Waals surface area contributed by atoms with Gasteiger partial charge in [0.25, 0.3) is 5.91 Å². The van der Waals surface area contributed by atoms with Crippen LogP contribution in [0, 0.1) is 6.92 Å². The van der Waals surface area contributed by atoms with Crippen LogP contribution in [0.1, 0.15) is 16.1 Å². The first kappa shape index (κ1) is 12.1. The lowest BCUT2D eigenvalue weighted by atomic mass is 10.1. The fourth-order valence-corrected chi connectivity index (χ4v) is 2.03. The fraction of sp³-hybridized carbons (Fsp3) is 0.0769. The molecule has 0 aliphatic carbocycles. The Hall–Kier alpha value is -2.96. The van der Waals surface area contributed by atoms with Crippen LogP contribution in [-0.4, -0.2) is 26.1 Å². The summed E-state index contributed by atoms with van der Waals surface area (Å²) >= 11 is 0. The minimum Gasteiger partial charge on any atom is -0.397 e. The van der Waals surface area contributed by atoms with E-state index in [1.165, 1.54) is 6.33 Å². The number of aryl methyl sites for hydroxylation is 1. The van der Waals surface area contributed by atoms with E-state index in [4.69, 9.17) is 5.73 Å². The maximum atomic E-state index is 12.3. The number of hydrogen-bond acceptors (Lipinski definition) is 5. The molecule has 0 radical (unpaired) electrons. The van der Waals surface area contributed by atoms with E-state index in [2.05, 4.69) is 25.5 Å². The molecule has 100 valence electrons. The maximum Gasteiger partial charge on any atom is 0.258 e.